The molecular formula is C15H30O. The van der Waals surface area contributed by atoms with Gasteiger partial charge in [0.05, 0.1) is 0 Å². The first-order valence-electron chi connectivity index (χ1n) is 7.05. The molecule has 0 heterocycles. The van der Waals surface area contributed by atoms with E-state index in [9.17, 15) is 0 Å². The highest BCUT2D eigenvalue weighted by Crippen LogP contribution is 2.13. The number of hydrogen-bond acceptors (Lipinski definition) is 1. The number of hydrogen-bond donors (Lipinski definition) is 1. The highest BCUT2D eigenvalue weighted by atomic mass is 16.2. The van der Waals surface area contributed by atoms with E-state index in [1.807, 2.05) is 0 Å². The van der Waals surface area contributed by atoms with Gasteiger partial charge in [-0.25, -0.2) is 0 Å². The zero-order valence-corrected chi connectivity index (χ0v) is 11.3. The Labute approximate surface area is 102 Å². The third kappa shape index (κ3) is 11.8. The lowest BCUT2D eigenvalue weighted by Crippen LogP contribution is -1.89. The van der Waals surface area contributed by atoms with Crippen molar-refractivity contribution >= 4 is 0 Å². The summed E-state index contributed by atoms with van der Waals surface area (Å²) in [4.78, 5) is 0. The predicted molar refractivity (Wildman–Crippen MR) is 72.6 cm³/mol. The molecule has 0 spiro atoms. The van der Waals surface area contributed by atoms with Crippen molar-refractivity contribution in [1.82, 2.24) is 0 Å². The standard InChI is InChI=1S/C15H30O/c1-3-12-15(2)13-10-8-6-4-5-7-9-11-14-16/h3,12,15-16H,4-11,13-14H2,1-2H3. The van der Waals surface area contributed by atoms with Crippen molar-refractivity contribution in [2.24, 2.45) is 5.92 Å². The quantitative estimate of drug-likeness (QED) is 0.400. The molecule has 1 unspecified atom stereocenters. The minimum Gasteiger partial charge on any atom is -0.396 e. The van der Waals surface area contributed by atoms with Crippen LogP contribution in [0.4, 0.5) is 0 Å². The van der Waals surface area contributed by atoms with Crippen molar-refractivity contribution in [3.05, 3.63) is 12.2 Å². The Bertz CT molecular complexity index is 152. The van der Waals surface area contributed by atoms with Gasteiger partial charge >= 0.3 is 0 Å². The van der Waals surface area contributed by atoms with Gasteiger partial charge in [-0.1, -0.05) is 64.0 Å². The normalized spacial score (nSPS) is 13.4. The van der Waals surface area contributed by atoms with Gasteiger partial charge in [0.25, 0.3) is 0 Å². The van der Waals surface area contributed by atoms with Gasteiger partial charge in [-0.3, -0.25) is 0 Å². The summed E-state index contributed by atoms with van der Waals surface area (Å²) in [6, 6.07) is 0. The number of allylic oxidation sites excluding steroid dienone is 2. The molecule has 0 bridgehead atoms. The summed E-state index contributed by atoms with van der Waals surface area (Å²) in [5.74, 6) is 0.759. The molecule has 0 saturated heterocycles. The van der Waals surface area contributed by atoms with E-state index in [0.717, 1.165) is 12.3 Å². The first kappa shape index (κ1) is 15.7. The predicted octanol–water partition coefficient (Wildman–Crippen LogP) is 4.70. The van der Waals surface area contributed by atoms with Crippen molar-refractivity contribution in [3.63, 3.8) is 0 Å². The highest BCUT2D eigenvalue weighted by molar-refractivity contribution is 4.82. The van der Waals surface area contributed by atoms with E-state index in [-0.39, 0.29) is 0 Å². The van der Waals surface area contributed by atoms with Gasteiger partial charge < -0.3 is 5.11 Å². The number of rotatable bonds is 11. The summed E-state index contributed by atoms with van der Waals surface area (Å²) in [5, 5.41) is 8.63. The lowest BCUT2D eigenvalue weighted by molar-refractivity contribution is 0.282. The molecule has 96 valence electrons. The fraction of sp³-hybridized carbons (Fsp3) is 0.867. The van der Waals surface area contributed by atoms with Crippen LogP contribution in [0.2, 0.25) is 0 Å². The summed E-state index contributed by atoms with van der Waals surface area (Å²) in [5.41, 5.74) is 0. The molecule has 0 saturated carbocycles. The van der Waals surface area contributed by atoms with E-state index in [1.165, 1.54) is 51.4 Å². The van der Waals surface area contributed by atoms with Gasteiger partial charge in [-0.2, -0.15) is 0 Å². The molecular weight excluding hydrogens is 196 g/mol. The topological polar surface area (TPSA) is 20.2 Å². The van der Waals surface area contributed by atoms with Gasteiger partial charge in [0.1, 0.15) is 0 Å². The molecule has 0 aromatic heterocycles. The average molecular weight is 226 g/mol. The Morgan fingerprint density at radius 3 is 1.88 bits per heavy atom. The summed E-state index contributed by atoms with van der Waals surface area (Å²) < 4.78 is 0. The third-order valence-electron chi connectivity index (χ3n) is 3.09. The van der Waals surface area contributed by atoms with E-state index < -0.39 is 0 Å². The Balaban J connectivity index is 3.04. The molecule has 0 aliphatic carbocycles. The first-order chi connectivity index (χ1) is 7.81. The van der Waals surface area contributed by atoms with Gasteiger partial charge in [0.2, 0.25) is 0 Å². The lowest BCUT2D eigenvalue weighted by Gasteiger charge is -2.05. The third-order valence-corrected chi connectivity index (χ3v) is 3.09. The Kier molecular flexibility index (Phi) is 12.5. The maximum Gasteiger partial charge on any atom is 0.0431 e. The summed E-state index contributed by atoms with van der Waals surface area (Å²) in [7, 11) is 0. The van der Waals surface area contributed by atoms with Crippen molar-refractivity contribution in [3.8, 4) is 0 Å². The molecule has 0 fully saturated rings. The molecule has 0 aliphatic rings. The molecule has 0 radical (unpaired) electrons. The van der Waals surface area contributed by atoms with Crippen LogP contribution in [0.1, 0.15) is 71.6 Å². The van der Waals surface area contributed by atoms with Gasteiger partial charge in [0.15, 0.2) is 0 Å². The molecule has 1 atom stereocenters. The van der Waals surface area contributed by atoms with E-state index in [0.29, 0.717) is 6.61 Å². The number of unbranched alkanes of at least 4 members (excludes halogenated alkanes) is 7. The van der Waals surface area contributed by atoms with Crippen LogP contribution in [0.5, 0.6) is 0 Å². The Hall–Kier alpha value is -0.300. The van der Waals surface area contributed by atoms with Crippen molar-refractivity contribution in [2.45, 2.75) is 71.6 Å². The monoisotopic (exact) mass is 226 g/mol. The first-order valence-corrected chi connectivity index (χ1v) is 7.05. The maximum absolute atomic E-state index is 8.63. The summed E-state index contributed by atoms with van der Waals surface area (Å²) >= 11 is 0. The second-order valence-corrected chi connectivity index (χ2v) is 4.84. The van der Waals surface area contributed by atoms with Crippen molar-refractivity contribution in [1.29, 1.82) is 0 Å². The molecule has 0 amide bonds. The van der Waals surface area contributed by atoms with Crippen LogP contribution < -0.4 is 0 Å². The molecule has 1 heteroatoms. The minimum absolute atomic E-state index is 0.364. The minimum atomic E-state index is 0.364. The Morgan fingerprint density at radius 1 is 0.875 bits per heavy atom. The molecule has 1 nitrogen and oxygen atoms in total. The van der Waals surface area contributed by atoms with Crippen LogP contribution in [0.25, 0.3) is 0 Å². The maximum atomic E-state index is 8.63. The second-order valence-electron chi connectivity index (χ2n) is 4.84. The van der Waals surface area contributed by atoms with Crippen LogP contribution in [0.15, 0.2) is 12.2 Å². The van der Waals surface area contributed by atoms with Crippen LogP contribution >= 0.6 is 0 Å². The largest absolute Gasteiger partial charge is 0.396 e. The van der Waals surface area contributed by atoms with E-state index >= 15 is 0 Å². The van der Waals surface area contributed by atoms with Crippen LogP contribution in [0.3, 0.4) is 0 Å². The SMILES string of the molecule is CC=CC(C)CCCCCCCCCCO. The van der Waals surface area contributed by atoms with E-state index in [4.69, 9.17) is 5.11 Å². The average Bonchev–Trinajstić information content (AvgIpc) is 2.27. The lowest BCUT2D eigenvalue weighted by atomic mass is 10.0. The van der Waals surface area contributed by atoms with Crippen molar-refractivity contribution in [2.75, 3.05) is 6.61 Å². The zero-order valence-electron chi connectivity index (χ0n) is 11.3. The van der Waals surface area contributed by atoms with Gasteiger partial charge in [-0.05, 0) is 25.7 Å². The number of aliphatic hydroxyl groups is 1. The van der Waals surface area contributed by atoms with Gasteiger partial charge in [-0.15, -0.1) is 0 Å². The fourth-order valence-corrected chi connectivity index (χ4v) is 2.06. The Morgan fingerprint density at radius 2 is 1.38 bits per heavy atom. The molecule has 0 aromatic carbocycles. The van der Waals surface area contributed by atoms with E-state index in [1.54, 1.807) is 0 Å². The number of aliphatic hydroxyl groups excluding tert-OH is 1. The smallest absolute Gasteiger partial charge is 0.0431 e. The van der Waals surface area contributed by atoms with Crippen molar-refractivity contribution < 1.29 is 5.11 Å². The highest BCUT2D eigenvalue weighted by Gasteiger charge is 1.96. The molecule has 0 aromatic rings. The second kappa shape index (κ2) is 12.8. The zero-order chi connectivity index (χ0) is 12.1. The van der Waals surface area contributed by atoms with Crippen LogP contribution in [-0.4, -0.2) is 11.7 Å². The van der Waals surface area contributed by atoms with Crippen LogP contribution in [-0.2, 0) is 0 Å². The fourth-order valence-electron chi connectivity index (χ4n) is 2.06. The molecule has 16 heavy (non-hydrogen) atoms. The summed E-state index contributed by atoms with van der Waals surface area (Å²) in [6.07, 6.45) is 16.2. The molecule has 0 aliphatic heterocycles. The van der Waals surface area contributed by atoms with Gasteiger partial charge in [0, 0.05) is 6.61 Å². The van der Waals surface area contributed by atoms with E-state index in [2.05, 4.69) is 26.0 Å². The van der Waals surface area contributed by atoms with Crippen LogP contribution in [0, 0.1) is 5.92 Å². The molecule has 0 rings (SSSR count). The summed E-state index contributed by atoms with van der Waals surface area (Å²) in [6.45, 7) is 4.76. The molecule has 1 N–H and O–H groups in total.